The van der Waals surface area contributed by atoms with Gasteiger partial charge in [0.2, 0.25) is 0 Å². The highest BCUT2D eigenvalue weighted by Gasteiger charge is 2.49. The molecule has 148 valence electrons. The maximum atomic E-state index is 10.5. The SMILES string of the molecule is CC(C)=CCC[C@@](C)(O)[C@H]1CC=C(C)CC1.CC1=CCC2CC1C2(C)C. The van der Waals surface area contributed by atoms with Crippen LogP contribution < -0.4 is 0 Å². The molecule has 4 rings (SSSR count). The van der Waals surface area contributed by atoms with Crippen molar-refractivity contribution in [2.24, 2.45) is 23.2 Å². The number of fused-ring (bicyclic) bond motifs is 1. The zero-order valence-electron chi connectivity index (χ0n) is 18.4. The van der Waals surface area contributed by atoms with Gasteiger partial charge in [0, 0.05) is 0 Å². The molecule has 4 aliphatic rings. The Morgan fingerprint density at radius 3 is 2.35 bits per heavy atom. The Kier molecular flexibility index (Phi) is 6.99. The summed E-state index contributed by atoms with van der Waals surface area (Å²) in [5.74, 6) is 2.37. The normalized spacial score (nSPS) is 31.3. The van der Waals surface area contributed by atoms with Crippen LogP contribution in [0.4, 0.5) is 0 Å². The fraction of sp³-hybridized carbons (Fsp3) is 0.760. The summed E-state index contributed by atoms with van der Waals surface area (Å²) in [4.78, 5) is 0. The zero-order valence-corrected chi connectivity index (χ0v) is 18.4. The number of hydrogen-bond donors (Lipinski definition) is 1. The second-order valence-corrected chi connectivity index (χ2v) is 10.2. The molecular weight excluding hydrogens is 316 g/mol. The molecule has 1 N–H and O–H groups in total. The molecule has 1 heteroatoms. The summed E-state index contributed by atoms with van der Waals surface area (Å²) in [6.45, 7) is 15.6. The van der Waals surface area contributed by atoms with E-state index in [2.05, 4.69) is 59.8 Å². The lowest BCUT2D eigenvalue weighted by molar-refractivity contribution is -0.0122. The molecule has 0 amide bonds. The van der Waals surface area contributed by atoms with Gasteiger partial charge < -0.3 is 5.11 Å². The second kappa shape index (κ2) is 8.46. The van der Waals surface area contributed by atoms with Gasteiger partial charge in [0.15, 0.2) is 0 Å². The molecule has 26 heavy (non-hydrogen) atoms. The van der Waals surface area contributed by atoms with E-state index in [1.807, 2.05) is 6.92 Å². The van der Waals surface area contributed by atoms with Gasteiger partial charge >= 0.3 is 0 Å². The Morgan fingerprint density at radius 2 is 1.92 bits per heavy atom. The fourth-order valence-corrected chi connectivity index (χ4v) is 5.05. The molecule has 0 radical (unpaired) electrons. The van der Waals surface area contributed by atoms with Crippen LogP contribution in [0.1, 0.15) is 93.4 Å². The third-order valence-corrected chi connectivity index (χ3v) is 7.47. The Labute approximate surface area is 162 Å². The van der Waals surface area contributed by atoms with Crippen LogP contribution in [0.3, 0.4) is 0 Å². The lowest BCUT2D eigenvalue weighted by Gasteiger charge is -2.56. The molecule has 0 aromatic heterocycles. The van der Waals surface area contributed by atoms with Crippen LogP contribution in [-0.4, -0.2) is 10.7 Å². The third-order valence-electron chi connectivity index (χ3n) is 7.47. The van der Waals surface area contributed by atoms with Crippen molar-refractivity contribution in [2.75, 3.05) is 0 Å². The first-order valence-corrected chi connectivity index (χ1v) is 10.7. The van der Waals surface area contributed by atoms with E-state index in [-0.39, 0.29) is 0 Å². The topological polar surface area (TPSA) is 20.2 Å². The Morgan fingerprint density at radius 1 is 1.23 bits per heavy atom. The summed E-state index contributed by atoms with van der Waals surface area (Å²) in [7, 11) is 0. The van der Waals surface area contributed by atoms with Crippen LogP contribution in [0.25, 0.3) is 0 Å². The maximum Gasteiger partial charge on any atom is 0.0653 e. The average molecular weight is 359 g/mol. The predicted molar refractivity (Wildman–Crippen MR) is 114 cm³/mol. The van der Waals surface area contributed by atoms with E-state index in [1.54, 1.807) is 5.57 Å². The van der Waals surface area contributed by atoms with E-state index in [4.69, 9.17) is 0 Å². The number of rotatable bonds is 4. The molecule has 2 bridgehead atoms. The van der Waals surface area contributed by atoms with Gasteiger partial charge in [-0.3, -0.25) is 0 Å². The van der Waals surface area contributed by atoms with Crippen LogP contribution in [-0.2, 0) is 0 Å². The van der Waals surface area contributed by atoms with Gasteiger partial charge in [0.25, 0.3) is 0 Å². The molecule has 1 saturated carbocycles. The van der Waals surface area contributed by atoms with Crippen molar-refractivity contribution in [2.45, 2.75) is 99.0 Å². The van der Waals surface area contributed by atoms with Crippen molar-refractivity contribution in [3.63, 3.8) is 0 Å². The van der Waals surface area contributed by atoms with Crippen LogP contribution in [0.5, 0.6) is 0 Å². The van der Waals surface area contributed by atoms with Gasteiger partial charge in [-0.2, -0.15) is 0 Å². The molecule has 1 nitrogen and oxygen atoms in total. The maximum absolute atomic E-state index is 10.5. The molecule has 4 aliphatic carbocycles. The Bertz CT molecular complexity index is 569. The number of allylic oxidation sites excluding steroid dienone is 6. The molecule has 0 heterocycles. The molecule has 1 fully saturated rings. The van der Waals surface area contributed by atoms with Crippen LogP contribution in [0.15, 0.2) is 34.9 Å². The highest BCUT2D eigenvalue weighted by molar-refractivity contribution is 5.21. The van der Waals surface area contributed by atoms with E-state index < -0.39 is 5.60 Å². The van der Waals surface area contributed by atoms with E-state index in [9.17, 15) is 5.11 Å². The summed E-state index contributed by atoms with van der Waals surface area (Å²) in [6, 6.07) is 0. The quantitative estimate of drug-likeness (QED) is 0.525. The highest BCUT2D eigenvalue weighted by Crippen LogP contribution is 2.58. The van der Waals surface area contributed by atoms with Gasteiger partial charge in [-0.25, -0.2) is 0 Å². The minimum Gasteiger partial charge on any atom is -0.390 e. The zero-order chi connectivity index (χ0) is 19.5. The first-order chi connectivity index (χ1) is 12.0. The summed E-state index contributed by atoms with van der Waals surface area (Å²) < 4.78 is 0. The van der Waals surface area contributed by atoms with Crippen molar-refractivity contribution in [1.29, 1.82) is 0 Å². The van der Waals surface area contributed by atoms with Crippen LogP contribution in [0, 0.1) is 23.2 Å². The van der Waals surface area contributed by atoms with E-state index in [0.717, 1.165) is 43.9 Å². The second-order valence-electron chi connectivity index (χ2n) is 10.2. The standard InChI is InChI=1S/C15H26O.C10H16/c1-12(2)6-5-11-15(4,16)14-9-7-13(3)8-10-14;1-7-4-5-8-6-9(7)10(8,2)3/h6-7,14,16H,5,8-11H2,1-4H3;4,8-9H,5-6H2,1-3H3/t14-,15+;/m0./s1. The largest absolute Gasteiger partial charge is 0.390 e. The van der Waals surface area contributed by atoms with Crippen molar-refractivity contribution in [3.8, 4) is 0 Å². The summed E-state index contributed by atoms with van der Waals surface area (Å²) >= 11 is 0. The summed E-state index contributed by atoms with van der Waals surface area (Å²) in [5, 5.41) is 10.5. The van der Waals surface area contributed by atoms with Crippen molar-refractivity contribution in [3.05, 3.63) is 34.9 Å². The predicted octanol–water partition coefficient (Wildman–Crippen LogP) is 7.23. The summed E-state index contributed by atoms with van der Waals surface area (Å²) in [5.41, 5.74) is 4.61. The van der Waals surface area contributed by atoms with Gasteiger partial charge in [-0.15, -0.1) is 0 Å². The third kappa shape index (κ3) is 5.12. The molecule has 2 unspecified atom stereocenters. The molecule has 0 aromatic rings. The van der Waals surface area contributed by atoms with Gasteiger partial charge in [0.1, 0.15) is 0 Å². The van der Waals surface area contributed by atoms with E-state index >= 15 is 0 Å². The van der Waals surface area contributed by atoms with E-state index in [0.29, 0.717) is 11.3 Å². The summed E-state index contributed by atoms with van der Waals surface area (Å²) in [6.07, 6.45) is 15.0. The first kappa shape index (κ1) is 21.5. The van der Waals surface area contributed by atoms with Crippen molar-refractivity contribution >= 4 is 0 Å². The molecular formula is C25H42O. The smallest absolute Gasteiger partial charge is 0.0653 e. The lowest BCUT2D eigenvalue weighted by atomic mass is 9.49. The molecule has 0 aromatic carbocycles. The average Bonchev–Trinajstić information content (AvgIpc) is 2.55. The van der Waals surface area contributed by atoms with Crippen LogP contribution in [0.2, 0.25) is 0 Å². The Hall–Kier alpha value is -0.820. The van der Waals surface area contributed by atoms with Crippen molar-refractivity contribution < 1.29 is 5.11 Å². The molecule has 0 saturated heterocycles. The first-order valence-electron chi connectivity index (χ1n) is 10.7. The number of hydrogen-bond acceptors (Lipinski definition) is 1. The fourth-order valence-electron chi connectivity index (χ4n) is 5.05. The highest BCUT2D eigenvalue weighted by atomic mass is 16.3. The molecule has 0 aliphatic heterocycles. The van der Waals surface area contributed by atoms with Crippen LogP contribution >= 0.6 is 0 Å². The minimum absolute atomic E-state index is 0.446. The van der Waals surface area contributed by atoms with Gasteiger partial charge in [0.05, 0.1) is 5.60 Å². The minimum atomic E-state index is -0.497. The monoisotopic (exact) mass is 358 g/mol. The molecule has 4 atom stereocenters. The van der Waals surface area contributed by atoms with Gasteiger partial charge in [-0.1, -0.05) is 48.8 Å². The molecule has 0 spiro atoms. The van der Waals surface area contributed by atoms with Gasteiger partial charge in [-0.05, 0) is 103 Å². The van der Waals surface area contributed by atoms with Crippen molar-refractivity contribution in [1.82, 2.24) is 0 Å². The Balaban J connectivity index is 0.000000206. The van der Waals surface area contributed by atoms with E-state index in [1.165, 1.54) is 24.0 Å². The lowest BCUT2D eigenvalue weighted by Crippen LogP contribution is -2.47. The number of aliphatic hydroxyl groups is 1.